The van der Waals surface area contributed by atoms with Gasteiger partial charge < -0.3 is 13.9 Å². The molecule has 3 aliphatic rings. The van der Waals surface area contributed by atoms with Gasteiger partial charge in [-0.25, -0.2) is 0 Å². The van der Waals surface area contributed by atoms with Crippen molar-refractivity contribution in [2.75, 3.05) is 4.90 Å². The first-order valence-corrected chi connectivity index (χ1v) is 10.4. The average Bonchev–Trinajstić information content (AvgIpc) is 3.23. The lowest BCUT2D eigenvalue weighted by atomic mass is 9.76. The number of hydrogen-bond donors (Lipinski definition) is 0. The van der Waals surface area contributed by atoms with Gasteiger partial charge in [0.25, 0.3) is 0 Å². The number of rotatable bonds is 1. The molecule has 0 saturated heterocycles. The van der Waals surface area contributed by atoms with Gasteiger partial charge >= 0.3 is 0 Å². The zero-order valence-electron chi connectivity index (χ0n) is 16.3. The van der Waals surface area contributed by atoms with E-state index in [1.54, 1.807) is 0 Å². The molecule has 0 bridgehead atoms. The SMILES string of the molecule is c1cc2c3c(c1)Oc1cccc4c1C3c1c(cccc1N4c1cc3ccccc3o1)O2. The fourth-order valence-corrected chi connectivity index (χ4v) is 5.31. The van der Waals surface area contributed by atoms with Crippen molar-refractivity contribution in [3.05, 3.63) is 102 Å². The number of anilines is 3. The second-order valence-electron chi connectivity index (χ2n) is 8.14. The van der Waals surface area contributed by atoms with Crippen LogP contribution in [0.1, 0.15) is 22.6 Å². The predicted molar refractivity (Wildman–Crippen MR) is 118 cm³/mol. The van der Waals surface area contributed by atoms with Crippen LogP contribution in [0.3, 0.4) is 0 Å². The molecule has 1 aromatic heterocycles. The van der Waals surface area contributed by atoms with E-state index in [1.807, 2.05) is 60.7 Å². The van der Waals surface area contributed by atoms with E-state index in [-0.39, 0.29) is 5.92 Å². The molecular formula is C27H15NO3. The largest absolute Gasteiger partial charge is 0.457 e. The summed E-state index contributed by atoms with van der Waals surface area (Å²) in [6.45, 7) is 0. The summed E-state index contributed by atoms with van der Waals surface area (Å²) in [5, 5.41) is 1.08. The van der Waals surface area contributed by atoms with Crippen LogP contribution in [0.25, 0.3) is 11.0 Å². The number of furan rings is 1. The highest BCUT2D eigenvalue weighted by Gasteiger charge is 2.45. The van der Waals surface area contributed by atoms with Crippen LogP contribution in [0.15, 0.2) is 89.3 Å². The Morgan fingerprint density at radius 3 is 1.81 bits per heavy atom. The summed E-state index contributed by atoms with van der Waals surface area (Å²) < 4.78 is 19.0. The van der Waals surface area contributed by atoms with Crippen molar-refractivity contribution in [3.8, 4) is 23.0 Å². The highest BCUT2D eigenvalue weighted by atomic mass is 16.5. The minimum atomic E-state index is 0.0757. The molecule has 8 rings (SSSR count). The second kappa shape index (κ2) is 5.29. The summed E-state index contributed by atoms with van der Waals surface area (Å²) in [4.78, 5) is 2.19. The van der Waals surface area contributed by atoms with Crippen LogP contribution in [0.2, 0.25) is 0 Å². The summed E-state index contributed by atoms with van der Waals surface area (Å²) in [7, 11) is 0. The van der Waals surface area contributed by atoms with E-state index in [0.717, 1.165) is 67.9 Å². The third-order valence-electron chi connectivity index (χ3n) is 6.53. The zero-order valence-corrected chi connectivity index (χ0v) is 16.3. The first-order chi connectivity index (χ1) is 15.4. The van der Waals surface area contributed by atoms with E-state index in [1.165, 1.54) is 0 Å². The third-order valence-corrected chi connectivity index (χ3v) is 6.53. The molecule has 5 aromatic rings. The zero-order chi connectivity index (χ0) is 20.1. The van der Waals surface area contributed by atoms with Crippen LogP contribution in [0.5, 0.6) is 23.0 Å². The van der Waals surface area contributed by atoms with E-state index in [2.05, 4.69) is 29.2 Å². The lowest BCUT2D eigenvalue weighted by Gasteiger charge is -2.42. The number of hydrogen-bond acceptors (Lipinski definition) is 4. The molecule has 0 amide bonds. The van der Waals surface area contributed by atoms with Gasteiger partial charge in [0.15, 0.2) is 0 Å². The van der Waals surface area contributed by atoms with E-state index in [0.29, 0.717) is 0 Å². The quantitative estimate of drug-likeness (QED) is 0.283. The van der Waals surface area contributed by atoms with Gasteiger partial charge in [-0.05, 0) is 42.5 Å². The number of benzene rings is 4. The summed E-state index contributed by atoms with van der Waals surface area (Å²) >= 11 is 0. The molecule has 4 aromatic carbocycles. The summed E-state index contributed by atoms with van der Waals surface area (Å²) in [6.07, 6.45) is 0. The molecule has 4 nitrogen and oxygen atoms in total. The fraction of sp³-hybridized carbons (Fsp3) is 0.0370. The molecule has 0 aliphatic carbocycles. The van der Waals surface area contributed by atoms with Crippen LogP contribution < -0.4 is 14.4 Å². The Morgan fingerprint density at radius 1 is 0.581 bits per heavy atom. The van der Waals surface area contributed by atoms with E-state index >= 15 is 0 Å². The molecule has 31 heavy (non-hydrogen) atoms. The highest BCUT2D eigenvalue weighted by Crippen LogP contribution is 2.64. The van der Waals surface area contributed by atoms with Gasteiger partial charge in [0.05, 0.1) is 17.3 Å². The number of para-hydroxylation sites is 1. The Morgan fingerprint density at radius 2 is 1.16 bits per heavy atom. The normalized spacial score (nSPS) is 14.8. The van der Waals surface area contributed by atoms with Crippen molar-refractivity contribution in [3.63, 3.8) is 0 Å². The van der Waals surface area contributed by atoms with Gasteiger partial charge in [0.2, 0.25) is 5.88 Å². The molecule has 3 aliphatic heterocycles. The highest BCUT2D eigenvalue weighted by molar-refractivity contribution is 5.92. The molecule has 4 heteroatoms. The number of fused-ring (bicyclic) bond motifs is 1. The minimum Gasteiger partial charge on any atom is -0.457 e. The Kier molecular flexibility index (Phi) is 2.67. The smallest absolute Gasteiger partial charge is 0.205 e. The van der Waals surface area contributed by atoms with E-state index < -0.39 is 0 Å². The van der Waals surface area contributed by atoms with Crippen molar-refractivity contribution < 1.29 is 13.9 Å². The Balaban J connectivity index is 1.49. The van der Waals surface area contributed by atoms with Crippen LogP contribution >= 0.6 is 0 Å². The Labute approximate surface area is 177 Å². The van der Waals surface area contributed by atoms with E-state index in [4.69, 9.17) is 13.9 Å². The van der Waals surface area contributed by atoms with Crippen LogP contribution in [0, 0.1) is 0 Å². The molecule has 0 N–H and O–H groups in total. The monoisotopic (exact) mass is 401 g/mol. The van der Waals surface area contributed by atoms with Crippen LogP contribution in [-0.4, -0.2) is 0 Å². The first-order valence-electron chi connectivity index (χ1n) is 10.4. The fourth-order valence-electron chi connectivity index (χ4n) is 5.31. The topological polar surface area (TPSA) is 34.8 Å². The molecule has 0 atom stereocenters. The Bertz CT molecular complexity index is 1460. The van der Waals surface area contributed by atoms with Gasteiger partial charge in [-0.15, -0.1) is 0 Å². The van der Waals surface area contributed by atoms with Gasteiger partial charge in [-0.3, -0.25) is 4.90 Å². The molecule has 146 valence electrons. The summed E-state index contributed by atoms with van der Waals surface area (Å²) in [5.74, 6) is 4.36. The first kappa shape index (κ1) is 15.6. The van der Waals surface area contributed by atoms with Crippen molar-refractivity contribution >= 4 is 28.2 Å². The molecular weight excluding hydrogens is 386 g/mol. The molecule has 4 heterocycles. The van der Waals surface area contributed by atoms with Crippen LogP contribution in [-0.2, 0) is 0 Å². The van der Waals surface area contributed by atoms with Gasteiger partial charge in [-0.1, -0.05) is 36.4 Å². The minimum absolute atomic E-state index is 0.0757. The maximum absolute atomic E-state index is 6.36. The number of nitrogens with zero attached hydrogens (tertiary/aromatic N) is 1. The standard InChI is InChI=1S/C27H15NO3/c1-2-9-18-15(6-1)14-23(31-18)28-16-7-3-10-19-24(16)27-25-17(28)8-4-11-20(25)30-22-13-5-12-21(29-19)26(22)27/h1-14,27H. The van der Waals surface area contributed by atoms with Crippen molar-refractivity contribution in [1.82, 2.24) is 0 Å². The maximum atomic E-state index is 6.36. The second-order valence-corrected chi connectivity index (χ2v) is 8.14. The molecule has 0 saturated carbocycles. The average molecular weight is 401 g/mol. The number of ether oxygens (including phenoxy) is 2. The summed E-state index contributed by atoms with van der Waals surface area (Å²) in [5.41, 5.74) is 6.44. The van der Waals surface area contributed by atoms with Crippen LogP contribution in [0.4, 0.5) is 17.3 Å². The molecule has 0 radical (unpaired) electrons. The van der Waals surface area contributed by atoms with Crippen molar-refractivity contribution in [1.29, 1.82) is 0 Å². The Hall–Kier alpha value is -4.18. The predicted octanol–water partition coefficient (Wildman–Crippen LogP) is 7.61. The lowest BCUT2D eigenvalue weighted by molar-refractivity contribution is 0.408. The van der Waals surface area contributed by atoms with Crippen molar-refractivity contribution in [2.45, 2.75) is 5.92 Å². The van der Waals surface area contributed by atoms with Gasteiger partial charge in [0.1, 0.15) is 28.6 Å². The lowest BCUT2D eigenvalue weighted by Crippen LogP contribution is -2.27. The maximum Gasteiger partial charge on any atom is 0.205 e. The van der Waals surface area contributed by atoms with Gasteiger partial charge in [-0.2, -0.15) is 0 Å². The third kappa shape index (κ3) is 1.86. The van der Waals surface area contributed by atoms with Gasteiger partial charge in [0, 0.05) is 28.1 Å². The summed E-state index contributed by atoms with van der Waals surface area (Å²) in [6, 6.07) is 28.7. The molecule has 0 fully saturated rings. The molecule has 0 unspecified atom stereocenters. The van der Waals surface area contributed by atoms with E-state index in [9.17, 15) is 0 Å². The molecule has 0 spiro atoms. The van der Waals surface area contributed by atoms with Crippen molar-refractivity contribution in [2.24, 2.45) is 0 Å².